The molecule has 2 aliphatic rings. The number of amides is 1. The van der Waals surface area contributed by atoms with Gasteiger partial charge in [0.05, 0.1) is 5.92 Å². The SMILES string of the molecule is O=C1N=C(Cc2ccccc2)N=C2CCNCC12. The minimum absolute atomic E-state index is 0.0434. The van der Waals surface area contributed by atoms with Crippen LogP contribution in [0.15, 0.2) is 40.3 Å². The lowest BCUT2D eigenvalue weighted by Crippen LogP contribution is -2.43. The number of hydrogen-bond acceptors (Lipinski definition) is 3. The fourth-order valence-corrected chi connectivity index (χ4v) is 2.37. The molecular weight excluding hydrogens is 226 g/mol. The quantitative estimate of drug-likeness (QED) is 0.846. The van der Waals surface area contributed by atoms with E-state index in [0.717, 1.165) is 24.2 Å². The molecule has 2 heterocycles. The summed E-state index contributed by atoms with van der Waals surface area (Å²) < 4.78 is 0. The van der Waals surface area contributed by atoms with Crippen molar-refractivity contribution in [1.82, 2.24) is 5.32 Å². The second kappa shape index (κ2) is 4.82. The van der Waals surface area contributed by atoms with Crippen LogP contribution in [0, 0.1) is 5.92 Å². The van der Waals surface area contributed by atoms with Crippen molar-refractivity contribution in [1.29, 1.82) is 0 Å². The Bertz CT molecular complexity index is 519. The maximum absolute atomic E-state index is 11.9. The van der Waals surface area contributed by atoms with Gasteiger partial charge in [0.25, 0.3) is 5.91 Å². The molecule has 4 nitrogen and oxygen atoms in total. The molecule has 1 aromatic rings. The van der Waals surface area contributed by atoms with Gasteiger partial charge in [-0.25, -0.2) is 4.99 Å². The largest absolute Gasteiger partial charge is 0.315 e. The Labute approximate surface area is 106 Å². The lowest BCUT2D eigenvalue weighted by atomic mass is 9.94. The maximum atomic E-state index is 11.9. The molecule has 3 rings (SSSR count). The Morgan fingerprint density at radius 1 is 1.22 bits per heavy atom. The molecule has 1 aromatic carbocycles. The lowest BCUT2D eigenvalue weighted by molar-refractivity contribution is -0.119. The average molecular weight is 241 g/mol. The van der Waals surface area contributed by atoms with E-state index >= 15 is 0 Å². The Morgan fingerprint density at radius 3 is 2.89 bits per heavy atom. The van der Waals surface area contributed by atoms with Gasteiger partial charge in [-0.3, -0.25) is 4.79 Å². The van der Waals surface area contributed by atoms with E-state index in [9.17, 15) is 4.79 Å². The van der Waals surface area contributed by atoms with Crippen LogP contribution in [-0.2, 0) is 11.2 Å². The lowest BCUT2D eigenvalue weighted by Gasteiger charge is -2.25. The van der Waals surface area contributed by atoms with E-state index in [2.05, 4.69) is 15.3 Å². The van der Waals surface area contributed by atoms with Gasteiger partial charge in [-0.05, 0) is 12.0 Å². The molecule has 1 N–H and O–H groups in total. The first-order chi connectivity index (χ1) is 8.83. The van der Waals surface area contributed by atoms with Crippen LogP contribution in [-0.4, -0.2) is 30.5 Å². The highest BCUT2D eigenvalue weighted by atomic mass is 16.1. The molecule has 1 unspecified atom stereocenters. The van der Waals surface area contributed by atoms with Gasteiger partial charge in [0.1, 0.15) is 5.84 Å². The summed E-state index contributed by atoms with van der Waals surface area (Å²) >= 11 is 0. The smallest absolute Gasteiger partial charge is 0.257 e. The third kappa shape index (κ3) is 2.24. The first kappa shape index (κ1) is 11.3. The summed E-state index contributed by atoms with van der Waals surface area (Å²) in [6, 6.07) is 10.0. The Morgan fingerprint density at radius 2 is 2.06 bits per heavy atom. The number of rotatable bonds is 2. The molecule has 0 aliphatic carbocycles. The number of fused-ring (bicyclic) bond motifs is 1. The van der Waals surface area contributed by atoms with Crippen LogP contribution in [0.2, 0.25) is 0 Å². The van der Waals surface area contributed by atoms with E-state index in [1.165, 1.54) is 0 Å². The summed E-state index contributed by atoms with van der Waals surface area (Å²) in [6.45, 7) is 1.58. The van der Waals surface area contributed by atoms with E-state index in [4.69, 9.17) is 0 Å². The van der Waals surface area contributed by atoms with Gasteiger partial charge in [0.15, 0.2) is 0 Å². The van der Waals surface area contributed by atoms with Crippen molar-refractivity contribution in [3.63, 3.8) is 0 Å². The minimum atomic E-state index is -0.127. The zero-order valence-electron chi connectivity index (χ0n) is 10.1. The molecule has 1 amide bonds. The number of carbonyl (C=O) groups is 1. The van der Waals surface area contributed by atoms with Crippen LogP contribution in [0.3, 0.4) is 0 Å². The van der Waals surface area contributed by atoms with E-state index in [1.54, 1.807) is 0 Å². The van der Waals surface area contributed by atoms with Crippen molar-refractivity contribution in [2.45, 2.75) is 12.8 Å². The van der Waals surface area contributed by atoms with Gasteiger partial charge in [-0.2, -0.15) is 4.99 Å². The summed E-state index contributed by atoms with van der Waals surface area (Å²) in [6.07, 6.45) is 1.49. The molecule has 2 aliphatic heterocycles. The van der Waals surface area contributed by atoms with Crippen LogP contribution < -0.4 is 5.32 Å². The number of carbonyl (C=O) groups excluding carboxylic acids is 1. The molecule has 1 atom stereocenters. The molecule has 92 valence electrons. The van der Waals surface area contributed by atoms with E-state index in [1.807, 2.05) is 30.3 Å². The molecule has 4 heteroatoms. The number of amidine groups is 1. The Balaban J connectivity index is 1.81. The minimum Gasteiger partial charge on any atom is -0.315 e. The van der Waals surface area contributed by atoms with Gasteiger partial charge >= 0.3 is 0 Å². The van der Waals surface area contributed by atoms with Crippen LogP contribution in [0.1, 0.15) is 12.0 Å². The second-order valence-electron chi connectivity index (χ2n) is 4.64. The van der Waals surface area contributed by atoms with Crippen LogP contribution in [0.25, 0.3) is 0 Å². The molecular formula is C14H15N3O. The van der Waals surface area contributed by atoms with Gasteiger partial charge in [-0.1, -0.05) is 30.3 Å². The van der Waals surface area contributed by atoms with Crippen molar-refractivity contribution < 1.29 is 4.79 Å². The number of benzene rings is 1. The highest BCUT2D eigenvalue weighted by Gasteiger charge is 2.30. The third-order valence-corrected chi connectivity index (χ3v) is 3.32. The fraction of sp³-hybridized carbons (Fsp3) is 0.357. The Kier molecular flexibility index (Phi) is 3.02. The average Bonchev–Trinajstić information content (AvgIpc) is 2.40. The van der Waals surface area contributed by atoms with Crippen LogP contribution in [0.5, 0.6) is 0 Å². The molecule has 1 saturated heterocycles. The molecule has 0 radical (unpaired) electrons. The number of nitrogens with zero attached hydrogens (tertiary/aromatic N) is 2. The maximum Gasteiger partial charge on any atom is 0.257 e. The standard InChI is InChI=1S/C14H15N3O/c18-14-11-9-15-7-6-12(11)16-13(17-14)8-10-4-2-1-3-5-10/h1-5,11,15H,6-9H2. The third-order valence-electron chi connectivity index (χ3n) is 3.32. The summed E-state index contributed by atoms with van der Waals surface area (Å²) in [5.41, 5.74) is 2.14. The van der Waals surface area contributed by atoms with Gasteiger partial charge in [0.2, 0.25) is 0 Å². The van der Waals surface area contributed by atoms with Crippen molar-refractivity contribution in [3.8, 4) is 0 Å². The predicted octanol–water partition coefficient (Wildman–Crippen LogP) is 1.22. The van der Waals surface area contributed by atoms with E-state index in [0.29, 0.717) is 18.8 Å². The number of hydrogen-bond donors (Lipinski definition) is 1. The zero-order valence-corrected chi connectivity index (χ0v) is 10.1. The highest BCUT2D eigenvalue weighted by Crippen LogP contribution is 2.16. The van der Waals surface area contributed by atoms with E-state index < -0.39 is 0 Å². The monoisotopic (exact) mass is 241 g/mol. The molecule has 18 heavy (non-hydrogen) atoms. The molecule has 0 spiro atoms. The van der Waals surface area contributed by atoms with Gasteiger partial charge in [-0.15, -0.1) is 0 Å². The van der Waals surface area contributed by atoms with E-state index in [-0.39, 0.29) is 11.8 Å². The molecule has 1 fully saturated rings. The summed E-state index contributed by atoms with van der Waals surface area (Å²) in [5, 5.41) is 3.21. The number of aliphatic imine (C=N–C) groups is 2. The first-order valence-electron chi connectivity index (χ1n) is 6.26. The van der Waals surface area contributed by atoms with Crippen molar-refractivity contribution in [3.05, 3.63) is 35.9 Å². The predicted molar refractivity (Wildman–Crippen MR) is 71.0 cm³/mol. The topological polar surface area (TPSA) is 53.8 Å². The second-order valence-corrected chi connectivity index (χ2v) is 4.64. The molecule has 0 aromatic heterocycles. The summed E-state index contributed by atoms with van der Waals surface area (Å²) in [4.78, 5) is 20.6. The number of nitrogens with one attached hydrogen (secondary N) is 1. The molecule has 0 bridgehead atoms. The van der Waals surface area contributed by atoms with Gasteiger partial charge < -0.3 is 5.32 Å². The first-order valence-corrected chi connectivity index (χ1v) is 6.26. The number of piperidine rings is 1. The van der Waals surface area contributed by atoms with Crippen LogP contribution >= 0.6 is 0 Å². The van der Waals surface area contributed by atoms with Crippen LogP contribution in [0.4, 0.5) is 0 Å². The normalized spacial score (nSPS) is 23.1. The summed E-state index contributed by atoms with van der Waals surface area (Å²) in [7, 11) is 0. The Hall–Kier alpha value is -1.81. The molecule has 0 saturated carbocycles. The fourth-order valence-electron chi connectivity index (χ4n) is 2.37. The van der Waals surface area contributed by atoms with Gasteiger partial charge in [0, 0.05) is 25.2 Å². The van der Waals surface area contributed by atoms with Crippen molar-refractivity contribution in [2.24, 2.45) is 15.9 Å². The van der Waals surface area contributed by atoms with Crippen molar-refractivity contribution in [2.75, 3.05) is 13.1 Å². The van der Waals surface area contributed by atoms with Crippen molar-refractivity contribution >= 4 is 17.5 Å². The summed E-state index contributed by atoms with van der Waals surface area (Å²) in [5.74, 6) is 0.482. The zero-order chi connectivity index (χ0) is 12.4. The highest BCUT2D eigenvalue weighted by molar-refractivity contribution is 6.16.